The first-order chi connectivity index (χ1) is 13.0. The highest BCUT2D eigenvalue weighted by molar-refractivity contribution is 7.10. The van der Waals surface area contributed by atoms with Crippen molar-refractivity contribution in [2.24, 2.45) is 0 Å². The number of hydrogen-bond donors (Lipinski definition) is 3. The summed E-state index contributed by atoms with van der Waals surface area (Å²) >= 11 is 1.59. The number of ether oxygens (including phenoxy) is 1. The molecule has 0 saturated carbocycles. The van der Waals surface area contributed by atoms with Crippen LogP contribution >= 0.6 is 11.3 Å². The largest absolute Gasteiger partial charge is 0.482 e. The monoisotopic (exact) mass is 388 g/mol. The van der Waals surface area contributed by atoms with Gasteiger partial charge in [0, 0.05) is 24.0 Å². The van der Waals surface area contributed by atoms with Crippen molar-refractivity contribution in [2.45, 2.75) is 37.5 Å². The minimum Gasteiger partial charge on any atom is -0.482 e. The Bertz CT molecular complexity index is 815. The molecule has 1 amide bonds. The van der Waals surface area contributed by atoms with Gasteiger partial charge in [-0.2, -0.15) is 0 Å². The molecular weight excluding hydrogens is 364 g/mol. The molecule has 0 spiro atoms. The predicted molar refractivity (Wildman–Crippen MR) is 104 cm³/mol. The molecule has 144 valence electrons. The number of carbonyl (C=O) groups is 1. The minimum atomic E-state index is -0.757. The normalized spacial score (nSPS) is 21.7. The third-order valence-electron chi connectivity index (χ3n) is 5.62. The molecule has 1 fully saturated rings. The zero-order chi connectivity index (χ0) is 19.0. The van der Waals surface area contributed by atoms with Crippen LogP contribution in [-0.4, -0.2) is 46.8 Å². The fraction of sp³-hybridized carbons (Fsp3) is 0.450. The van der Waals surface area contributed by atoms with Crippen LogP contribution < -0.4 is 10.1 Å². The van der Waals surface area contributed by atoms with Crippen LogP contribution in [0.5, 0.6) is 5.75 Å². The van der Waals surface area contributed by atoms with E-state index in [2.05, 4.69) is 10.2 Å². The van der Waals surface area contributed by atoms with Crippen molar-refractivity contribution in [1.29, 1.82) is 0 Å². The Kier molecular flexibility index (Phi) is 4.94. The first-order valence-electron chi connectivity index (χ1n) is 9.21. The van der Waals surface area contributed by atoms with Gasteiger partial charge in [-0.25, -0.2) is 0 Å². The second-order valence-electron chi connectivity index (χ2n) is 7.32. The molecule has 2 atom stereocenters. The average Bonchev–Trinajstić information content (AvgIpc) is 3.23. The number of thiophene rings is 1. The Morgan fingerprint density at radius 1 is 1.30 bits per heavy atom. The van der Waals surface area contributed by atoms with E-state index in [1.54, 1.807) is 23.5 Å². The molecule has 0 bridgehead atoms. The number of aliphatic hydroxyl groups is 2. The Labute approximate surface area is 162 Å². The fourth-order valence-corrected chi connectivity index (χ4v) is 4.73. The van der Waals surface area contributed by atoms with E-state index < -0.39 is 11.7 Å². The molecule has 1 aromatic heterocycles. The summed E-state index contributed by atoms with van der Waals surface area (Å²) in [6, 6.07) is 9.25. The number of anilines is 1. The minimum absolute atomic E-state index is 0.00443. The molecular formula is C20H24N2O4S. The van der Waals surface area contributed by atoms with Crippen molar-refractivity contribution in [3.63, 3.8) is 0 Å². The number of nitrogens with zero attached hydrogens (tertiary/aromatic N) is 1. The summed E-state index contributed by atoms with van der Waals surface area (Å²) in [6.45, 7) is 3.45. The number of benzene rings is 1. The van der Waals surface area contributed by atoms with Crippen LogP contribution in [0.25, 0.3) is 0 Å². The Hall–Kier alpha value is -1.93. The number of carbonyl (C=O) groups excluding carboxylic acids is 1. The lowest BCUT2D eigenvalue weighted by Crippen LogP contribution is -2.47. The Balaban J connectivity index is 1.43. The van der Waals surface area contributed by atoms with Crippen molar-refractivity contribution >= 4 is 22.9 Å². The first kappa shape index (κ1) is 18.4. The predicted octanol–water partition coefficient (Wildman–Crippen LogP) is 2.48. The molecule has 1 saturated heterocycles. The highest BCUT2D eigenvalue weighted by Gasteiger charge is 2.37. The van der Waals surface area contributed by atoms with Gasteiger partial charge >= 0.3 is 0 Å². The molecule has 3 heterocycles. The van der Waals surface area contributed by atoms with Crippen LogP contribution in [0.4, 0.5) is 5.69 Å². The zero-order valence-electron chi connectivity index (χ0n) is 15.2. The van der Waals surface area contributed by atoms with Gasteiger partial charge < -0.3 is 20.3 Å². The molecule has 2 aliphatic heterocycles. The van der Waals surface area contributed by atoms with Crippen LogP contribution in [0.15, 0.2) is 35.7 Å². The third kappa shape index (κ3) is 3.60. The molecule has 0 aliphatic carbocycles. The van der Waals surface area contributed by atoms with Gasteiger partial charge in [0.25, 0.3) is 5.91 Å². The number of likely N-dealkylation sites (tertiary alicyclic amines) is 1. The third-order valence-corrected chi connectivity index (χ3v) is 6.68. The maximum absolute atomic E-state index is 11.4. The zero-order valence-corrected chi connectivity index (χ0v) is 16.0. The van der Waals surface area contributed by atoms with E-state index >= 15 is 0 Å². The fourth-order valence-electron chi connectivity index (χ4n) is 3.84. The number of piperidine rings is 1. The summed E-state index contributed by atoms with van der Waals surface area (Å²) in [7, 11) is 0. The molecule has 2 aromatic rings. The van der Waals surface area contributed by atoms with Crippen molar-refractivity contribution in [3.05, 3.63) is 46.2 Å². The lowest BCUT2D eigenvalue weighted by Gasteiger charge is -2.41. The van der Waals surface area contributed by atoms with Gasteiger partial charge in [0.2, 0.25) is 0 Å². The van der Waals surface area contributed by atoms with Crippen LogP contribution in [0.1, 0.15) is 36.3 Å². The standard InChI is InChI=1S/C20H24N2O4S/c1-13(22-8-6-20(25,7-9-22)17-3-2-10-27-17)19(24)14-4-5-15-16(11-14)26-12-18(23)21-15/h2-5,10-11,13,19,24-25H,6-9,12H2,1H3,(H,21,23). The van der Waals surface area contributed by atoms with Crippen molar-refractivity contribution in [1.82, 2.24) is 4.90 Å². The Morgan fingerprint density at radius 2 is 2.07 bits per heavy atom. The lowest BCUT2D eigenvalue weighted by molar-refractivity contribution is -0.118. The molecule has 0 radical (unpaired) electrons. The second kappa shape index (κ2) is 7.24. The maximum atomic E-state index is 11.4. The summed E-state index contributed by atoms with van der Waals surface area (Å²) in [4.78, 5) is 14.6. The molecule has 4 rings (SSSR count). The van der Waals surface area contributed by atoms with E-state index in [0.29, 0.717) is 24.3 Å². The number of amides is 1. The molecule has 2 unspecified atom stereocenters. The van der Waals surface area contributed by atoms with Gasteiger partial charge in [0.15, 0.2) is 6.61 Å². The van der Waals surface area contributed by atoms with Crippen LogP contribution in [0.2, 0.25) is 0 Å². The topological polar surface area (TPSA) is 82.0 Å². The maximum Gasteiger partial charge on any atom is 0.262 e. The number of hydrogen-bond acceptors (Lipinski definition) is 6. The van der Waals surface area contributed by atoms with Crippen molar-refractivity contribution in [2.75, 3.05) is 25.0 Å². The van der Waals surface area contributed by atoms with E-state index in [-0.39, 0.29) is 18.6 Å². The van der Waals surface area contributed by atoms with Crippen LogP contribution in [-0.2, 0) is 10.4 Å². The van der Waals surface area contributed by atoms with Gasteiger partial charge in [-0.15, -0.1) is 11.3 Å². The van der Waals surface area contributed by atoms with Crippen LogP contribution in [0, 0.1) is 0 Å². The molecule has 2 aliphatic rings. The van der Waals surface area contributed by atoms with E-state index in [1.807, 2.05) is 30.5 Å². The SMILES string of the molecule is CC(C(O)c1ccc2c(c1)OCC(=O)N2)N1CCC(O)(c2cccs2)CC1. The van der Waals surface area contributed by atoms with Gasteiger partial charge in [0.05, 0.1) is 11.8 Å². The van der Waals surface area contributed by atoms with Gasteiger partial charge in [-0.3, -0.25) is 9.69 Å². The molecule has 3 N–H and O–H groups in total. The van der Waals surface area contributed by atoms with Crippen LogP contribution in [0.3, 0.4) is 0 Å². The van der Waals surface area contributed by atoms with E-state index in [4.69, 9.17) is 4.74 Å². The summed E-state index contributed by atoms with van der Waals surface area (Å²) in [5.41, 5.74) is 0.637. The molecule has 6 nitrogen and oxygen atoms in total. The van der Waals surface area contributed by atoms with E-state index in [0.717, 1.165) is 23.5 Å². The highest BCUT2D eigenvalue weighted by Crippen LogP contribution is 2.38. The number of rotatable bonds is 4. The highest BCUT2D eigenvalue weighted by atomic mass is 32.1. The van der Waals surface area contributed by atoms with Gasteiger partial charge in [-0.05, 0) is 48.9 Å². The smallest absolute Gasteiger partial charge is 0.262 e. The second-order valence-corrected chi connectivity index (χ2v) is 8.27. The number of nitrogens with one attached hydrogen (secondary N) is 1. The summed E-state index contributed by atoms with van der Waals surface area (Å²) in [6.07, 6.45) is 0.637. The van der Waals surface area contributed by atoms with Gasteiger partial charge in [0.1, 0.15) is 11.4 Å². The quantitative estimate of drug-likeness (QED) is 0.750. The lowest BCUT2D eigenvalue weighted by atomic mass is 9.88. The van der Waals surface area contributed by atoms with E-state index in [1.165, 1.54) is 0 Å². The first-order valence-corrected chi connectivity index (χ1v) is 10.1. The molecule has 7 heteroatoms. The van der Waals surface area contributed by atoms with Crippen molar-refractivity contribution < 1.29 is 19.7 Å². The average molecular weight is 388 g/mol. The molecule has 27 heavy (non-hydrogen) atoms. The summed E-state index contributed by atoms with van der Waals surface area (Å²) in [5.74, 6) is 0.416. The van der Waals surface area contributed by atoms with Gasteiger partial charge in [-0.1, -0.05) is 12.1 Å². The van der Waals surface area contributed by atoms with Crippen molar-refractivity contribution in [3.8, 4) is 5.75 Å². The Morgan fingerprint density at radius 3 is 2.78 bits per heavy atom. The number of aliphatic hydroxyl groups excluding tert-OH is 1. The van der Waals surface area contributed by atoms with E-state index in [9.17, 15) is 15.0 Å². The summed E-state index contributed by atoms with van der Waals surface area (Å²) < 4.78 is 5.45. The number of fused-ring (bicyclic) bond motifs is 1. The summed E-state index contributed by atoms with van der Waals surface area (Å²) in [5, 5.41) is 26.5. The molecule has 1 aromatic carbocycles.